The molecule has 0 saturated carbocycles. The van der Waals surface area contributed by atoms with Gasteiger partial charge in [-0.15, -0.1) is 0 Å². The van der Waals surface area contributed by atoms with Crippen molar-refractivity contribution in [3.8, 4) is 22.4 Å². The standard InChI is InChI=1S/C22H16N2/c1-14-23-21-9-5-4-8-19(21)22(24-14)17-11-10-16-12-15-6-2-3-7-18(15)20(16)13-17/h2-11,13H,12H2,1H3. The van der Waals surface area contributed by atoms with Crippen molar-refractivity contribution in [2.24, 2.45) is 0 Å². The summed E-state index contributed by atoms with van der Waals surface area (Å²) in [5.74, 6) is 0.810. The Kier molecular flexibility index (Phi) is 2.80. The molecule has 1 aliphatic rings. The van der Waals surface area contributed by atoms with E-state index in [1.165, 1.54) is 22.3 Å². The van der Waals surface area contributed by atoms with Crippen LogP contribution in [0, 0.1) is 6.92 Å². The van der Waals surface area contributed by atoms with E-state index in [-0.39, 0.29) is 0 Å². The van der Waals surface area contributed by atoms with Crippen LogP contribution in [-0.4, -0.2) is 9.97 Å². The number of aromatic nitrogens is 2. The summed E-state index contributed by atoms with van der Waals surface area (Å²) in [6.45, 7) is 1.96. The molecule has 3 aromatic carbocycles. The van der Waals surface area contributed by atoms with Crippen molar-refractivity contribution >= 4 is 10.9 Å². The Morgan fingerprint density at radius 2 is 1.54 bits per heavy atom. The number of rotatable bonds is 1. The molecule has 1 heterocycles. The predicted molar refractivity (Wildman–Crippen MR) is 98.0 cm³/mol. The summed E-state index contributed by atoms with van der Waals surface area (Å²) >= 11 is 0. The molecule has 114 valence electrons. The molecule has 1 aromatic heterocycles. The van der Waals surface area contributed by atoms with Crippen LogP contribution in [-0.2, 0) is 6.42 Å². The molecule has 0 spiro atoms. The Labute approximate surface area is 140 Å². The maximum atomic E-state index is 4.74. The second-order valence-corrected chi connectivity index (χ2v) is 6.34. The highest BCUT2D eigenvalue weighted by atomic mass is 14.9. The third-order valence-electron chi connectivity index (χ3n) is 4.79. The lowest BCUT2D eigenvalue weighted by Crippen LogP contribution is -1.94. The van der Waals surface area contributed by atoms with Crippen molar-refractivity contribution in [1.29, 1.82) is 0 Å². The number of nitrogens with zero attached hydrogens (tertiary/aromatic N) is 2. The molecule has 0 atom stereocenters. The number of hydrogen-bond acceptors (Lipinski definition) is 2. The van der Waals surface area contributed by atoms with Gasteiger partial charge in [-0.05, 0) is 47.7 Å². The fraction of sp³-hybridized carbons (Fsp3) is 0.0909. The minimum absolute atomic E-state index is 0.810. The first kappa shape index (κ1) is 13.4. The normalized spacial score (nSPS) is 12.2. The van der Waals surface area contributed by atoms with E-state index in [1.54, 1.807) is 0 Å². The lowest BCUT2D eigenvalue weighted by atomic mass is 9.99. The first-order valence-electron chi connectivity index (χ1n) is 8.24. The average Bonchev–Trinajstić information content (AvgIpc) is 2.99. The summed E-state index contributed by atoms with van der Waals surface area (Å²) in [4.78, 5) is 9.30. The number of aryl methyl sites for hydroxylation is 1. The number of benzene rings is 3. The first-order valence-corrected chi connectivity index (χ1v) is 8.24. The second-order valence-electron chi connectivity index (χ2n) is 6.34. The number of para-hydroxylation sites is 1. The van der Waals surface area contributed by atoms with Crippen LogP contribution in [0.25, 0.3) is 33.3 Å². The van der Waals surface area contributed by atoms with E-state index in [4.69, 9.17) is 4.98 Å². The van der Waals surface area contributed by atoms with Gasteiger partial charge in [-0.3, -0.25) is 0 Å². The van der Waals surface area contributed by atoms with Crippen molar-refractivity contribution in [2.75, 3.05) is 0 Å². The highest BCUT2D eigenvalue weighted by molar-refractivity contribution is 5.93. The highest BCUT2D eigenvalue weighted by Crippen LogP contribution is 2.39. The van der Waals surface area contributed by atoms with Gasteiger partial charge in [0.1, 0.15) is 5.82 Å². The molecule has 0 bridgehead atoms. The maximum Gasteiger partial charge on any atom is 0.126 e. The van der Waals surface area contributed by atoms with Crippen molar-refractivity contribution in [1.82, 2.24) is 9.97 Å². The summed E-state index contributed by atoms with van der Waals surface area (Å²) in [5.41, 5.74) is 8.68. The molecule has 0 fully saturated rings. The van der Waals surface area contributed by atoms with Crippen LogP contribution in [0.15, 0.2) is 66.7 Å². The van der Waals surface area contributed by atoms with E-state index >= 15 is 0 Å². The molecule has 0 radical (unpaired) electrons. The van der Waals surface area contributed by atoms with E-state index in [0.29, 0.717) is 0 Å². The van der Waals surface area contributed by atoms with Gasteiger partial charge in [0.2, 0.25) is 0 Å². The third-order valence-corrected chi connectivity index (χ3v) is 4.79. The summed E-state index contributed by atoms with van der Waals surface area (Å²) < 4.78 is 0. The molecule has 0 saturated heterocycles. The van der Waals surface area contributed by atoms with Crippen LogP contribution in [0.1, 0.15) is 17.0 Å². The van der Waals surface area contributed by atoms with Gasteiger partial charge in [-0.1, -0.05) is 54.6 Å². The van der Waals surface area contributed by atoms with Crippen molar-refractivity contribution in [3.63, 3.8) is 0 Å². The summed E-state index contributed by atoms with van der Waals surface area (Å²) in [5, 5.41) is 1.11. The van der Waals surface area contributed by atoms with Gasteiger partial charge >= 0.3 is 0 Å². The van der Waals surface area contributed by atoms with Gasteiger partial charge in [-0.25, -0.2) is 9.97 Å². The average molecular weight is 308 g/mol. The molecule has 5 rings (SSSR count). The Balaban J connectivity index is 1.76. The molecule has 24 heavy (non-hydrogen) atoms. The number of hydrogen-bond donors (Lipinski definition) is 0. The Hall–Kier alpha value is -3.00. The van der Waals surface area contributed by atoms with Gasteiger partial charge in [0.25, 0.3) is 0 Å². The van der Waals surface area contributed by atoms with Crippen LogP contribution >= 0.6 is 0 Å². The van der Waals surface area contributed by atoms with E-state index in [1.807, 2.05) is 19.1 Å². The minimum Gasteiger partial charge on any atom is -0.233 e. The fourth-order valence-electron chi connectivity index (χ4n) is 3.68. The van der Waals surface area contributed by atoms with Crippen LogP contribution in [0.2, 0.25) is 0 Å². The molecular formula is C22H16N2. The molecule has 0 aliphatic heterocycles. The van der Waals surface area contributed by atoms with Gasteiger partial charge in [-0.2, -0.15) is 0 Å². The van der Waals surface area contributed by atoms with Crippen LogP contribution in [0.3, 0.4) is 0 Å². The SMILES string of the molecule is Cc1nc(-c2ccc3c(c2)-c2ccccc2C3)c2ccccc2n1. The lowest BCUT2D eigenvalue weighted by molar-refractivity contribution is 1.10. The van der Waals surface area contributed by atoms with Gasteiger partial charge in [0.05, 0.1) is 11.2 Å². The van der Waals surface area contributed by atoms with E-state index < -0.39 is 0 Å². The molecular weight excluding hydrogens is 292 g/mol. The highest BCUT2D eigenvalue weighted by Gasteiger charge is 2.19. The topological polar surface area (TPSA) is 25.8 Å². The van der Waals surface area contributed by atoms with Crippen LogP contribution < -0.4 is 0 Å². The molecule has 0 amide bonds. The molecule has 4 aromatic rings. The van der Waals surface area contributed by atoms with E-state index in [0.717, 1.165) is 34.4 Å². The predicted octanol–water partition coefficient (Wildman–Crippen LogP) is 5.18. The quantitative estimate of drug-likeness (QED) is 0.426. The second kappa shape index (κ2) is 5.00. The zero-order valence-corrected chi connectivity index (χ0v) is 13.5. The van der Waals surface area contributed by atoms with E-state index in [2.05, 4.69) is 59.6 Å². The molecule has 2 nitrogen and oxygen atoms in total. The van der Waals surface area contributed by atoms with Crippen molar-refractivity contribution < 1.29 is 0 Å². The Bertz CT molecular complexity index is 1100. The summed E-state index contributed by atoms with van der Waals surface area (Å²) in [6, 6.07) is 23.6. The molecule has 0 N–H and O–H groups in total. The summed E-state index contributed by atoms with van der Waals surface area (Å²) in [6.07, 6.45) is 1.02. The first-order chi connectivity index (χ1) is 11.8. The molecule has 0 unspecified atom stereocenters. The third kappa shape index (κ3) is 1.96. The monoisotopic (exact) mass is 308 g/mol. The smallest absolute Gasteiger partial charge is 0.126 e. The molecule has 2 heteroatoms. The zero-order chi connectivity index (χ0) is 16.1. The van der Waals surface area contributed by atoms with Crippen molar-refractivity contribution in [2.45, 2.75) is 13.3 Å². The van der Waals surface area contributed by atoms with Gasteiger partial charge < -0.3 is 0 Å². The zero-order valence-electron chi connectivity index (χ0n) is 13.5. The molecule has 1 aliphatic carbocycles. The fourth-order valence-corrected chi connectivity index (χ4v) is 3.68. The largest absolute Gasteiger partial charge is 0.233 e. The Morgan fingerprint density at radius 3 is 2.50 bits per heavy atom. The van der Waals surface area contributed by atoms with Crippen molar-refractivity contribution in [3.05, 3.63) is 83.7 Å². The summed E-state index contributed by atoms with van der Waals surface area (Å²) in [7, 11) is 0. The van der Waals surface area contributed by atoms with Crippen LogP contribution in [0.5, 0.6) is 0 Å². The number of fused-ring (bicyclic) bond motifs is 4. The van der Waals surface area contributed by atoms with E-state index in [9.17, 15) is 0 Å². The maximum absolute atomic E-state index is 4.74. The van der Waals surface area contributed by atoms with Gasteiger partial charge in [0.15, 0.2) is 0 Å². The minimum atomic E-state index is 0.810. The van der Waals surface area contributed by atoms with Gasteiger partial charge in [0, 0.05) is 10.9 Å². The Morgan fingerprint density at radius 1 is 0.750 bits per heavy atom. The lowest BCUT2D eigenvalue weighted by Gasteiger charge is -2.09. The van der Waals surface area contributed by atoms with Crippen LogP contribution in [0.4, 0.5) is 0 Å².